The van der Waals surface area contributed by atoms with E-state index in [1.165, 1.54) is 17.4 Å². The first-order chi connectivity index (χ1) is 15.6. The van der Waals surface area contributed by atoms with Crippen molar-refractivity contribution >= 4 is 22.6 Å². The van der Waals surface area contributed by atoms with Crippen LogP contribution >= 0.6 is 0 Å². The molecule has 5 rings (SSSR count). The lowest BCUT2D eigenvalue weighted by atomic mass is 9.96. The standard InChI is InChI=1S/C25H32N6O/c1-26-25-20-16-31(23(32)10-9-17-14-27-21-8-4-3-7-19(17)21)13-11-22(20)28-24(29-25)18-6-5-12-30(2)15-18/h3-4,7-8,14,18,27H,5-6,9-13,15-16H2,1-2H3,(H,26,28,29). The van der Waals surface area contributed by atoms with Gasteiger partial charge in [0.1, 0.15) is 11.6 Å². The molecule has 32 heavy (non-hydrogen) atoms. The second-order valence-corrected chi connectivity index (χ2v) is 9.13. The summed E-state index contributed by atoms with van der Waals surface area (Å²) in [7, 11) is 4.08. The molecule has 1 atom stereocenters. The van der Waals surface area contributed by atoms with Crippen LogP contribution in [0.2, 0.25) is 0 Å². The van der Waals surface area contributed by atoms with Crippen LogP contribution in [0.5, 0.6) is 0 Å². The minimum Gasteiger partial charge on any atom is -0.373 e. The molecule has 2 aliphatic heterocycles. The van der Waals surface area contributed by atoms with Crippen LogP contribution in [-0.4, -0.2) is 64.4 Å². The van der Waals surface area contributed by atoms with E-state index < -0.39 is 0 Å². The van der Waals surface area contributed by atoms with Crippen LogP contribution in [0.15, 0.2) is 30.5 Å². The topological polar surface area (TPSA) is 77.2 Å². The highest BCUT2D eigenvalue weighted by molar-refractivity contribution is 5.84. The zero-order valence-corrected chi connectivity index (χ0v) is 19.0. The molecular weight excluding hydrogens is 400 g/mol. The molecule has 2 N–H and O–H groups in total. The summed E-state index contributed by atoms with van der Waals surface area (Å²) in [5.41, 5.74) is 4.51. The minimum atomic E-state index is 0.195. The molecule has 7 heteroatoms. The Morgan fingerprint density at radius 2 is 2.12 bits per heavy atom. The molecule has 0 radical (unpaired) electrons. The minimum absolute atomic E-state index is 0.195. The van der Waals surface area contributed by atoms with Crippen LogP contribution in [0, 0.1) is 0 Å². The van der Waals surface area contributed by atoms with E-state index in [1.54, 1.807) is 0 Å². The van der Waals surface area contributed by atoms with Crippen molar-refractivity contribution in [3.63, 3.8) is 0 Å². The van der Waals surface area contributed by atoms with Gasteiger partial charge in [0.15, 0.2) is 0 Å². The highest BCUT2D eigenvalue weighted by atomic mass is 16.2. The number of nitrogens with one attached hydrogen (secondary N) is 2. The van der Waals surface area contributed by atoms with E-state index in [1.807, 2.05) is 30.3 Å². The van der Waals surface area contributed by atoms with Crippen molar-refractivity contribution in [1.29, 1.82) is 0 Å². The quantitative estimate of drug-likeness (QED) is 0.647. The van der Waals surface area contributed by atoms with Gasteiger partial charge in [-0.15, -0.1) is 0 Å². The normalized spacial score (nSPS) is 19.2. The molecule has 4 heterocycles. The molecule has 1 unspecified atom stereocenters. The SMILES string of the molecule is CNc1nc(C2CCCN(C)C2)nc2c1CN(C(=O)CCc1c[nH]c3ccccc13)CC2. The number of piperidine rings is 1. The summed E-state index contributed by atoms with van der Waals surface area (Å²) in [5.74, 6) is 2.43. The van der Waals surface area contributed by atoms with Crippen molar-refractivity contribution in [3.05, 3.63) is 53.1 Å². The van der Waals surface area contributed by atoms with E-state index in [-0.39, 0.29) is 5.91 Å². The van der Waals surface area contributed by atoms with Crippen LogP contribution in [-0.2, 0) is 24.2 Å². The number of anilines is 1. The summed E-state index contributed by atoms with van der Waals surface area (Å²) < 4.78 is 0. The van der Waals surface area contributed by atoms with Crippen molar-refractivity contribution in [2.24, 2.45) is 0 Å². The third-order valence-electron chi connectivity index (χ3n) is 6.94. The first kappa shape index (κ1) is 20.9. The van der Waals surface area contributed by atoms with Crippen molar-refractivity contribution < 1.29 is 4.79 Å². The zero-order chi connectivity index (χ0) is 22.1. The highest BCUT2D eigenvalue weighted by Crippen LogP contribution is 2.30. The largest absolute Gasteiger partial charge is 0.373 e. The number of H-pyrrole nitrogens is 1. The number of fused-ring (bicyclic) bond motifs is 2. The summed E-state index contributed by atoms with van der Waals surface area (Å²) in [6.45, 7) is 3.48. The Kier molecular flexibility index (Phi) is 5.83. The highest BCUT2D eigenvalue weighted by Gasteiger charge is 2.28. The molecule has 1 amide bonds. The van der Waals surface area contributed by atoms with E-state index in [4.69, 9.17) is 9.97 Å². The van der Waals surface area contributed by atoms with Crippen molar-refractivity contribution in [2.75, 3.05) is 39.0 Å². The van der Waals surface area contributed by atoms with Crippen molar-refractivity contribution in [2.45, 2.75) is 44.6 Å². The Morgan fingerprint density at radius 1 is 1.25 bits per heavy atom. The van der Waals surface area contributed by atoms with Gasteiger partial charge in [-0.2, -0.15) is 0 Å². The molecule has 0 aliphatic carbocycles. The molecule has 0 saturated carbocycles. The molecule has 3 aromatic rings. The maximum absolute atomic E-state index is 13.0. The van der Waals surface area contributed by atoms with Gasteiger partial charge in [0.2, 0.25) is 5.91 Å². The number of aromatic amines is 1. The summed E-state index contributed by atoms with van der Waals surface area (Å²) in [4.78, 5) is 30.5. The number of hydrogen-bond donors (Lipinski definition) is 2. The van der Waals surface area contributed by atoms with Gasteiger partial charge in [0, 0.05) is 61.6 Å². The van der Waals surface area contributed by atoms with E-state index in [2.05, 4.69) is 34.4 Å². The molecule has 1 aromatic carbocycles. The molecular formula is C25H32N6O. The molecule has 1 fully saturated rings. The number of para-hydroxylation sites is 1. The Morgan fingerprint density at radius 3 is 2.97 bits per heavy atom. The van der Waals surface area contributed by atoms with Gasteiger partial charge in [-0.05, 0) is 44.5 Å². The first-order valence-electron chi connectivity index (χ1n) is 11.7. The smallest absolute Gasteiger partial charge is 0.223 e. The predicted molar refractivity (Wildman–Crippen MR) is 127 cm³/mol. The Labute approximate surface area is 189 Å². The van der Waals surface area contributed by atoms with E-state index in [9.17, 15) is 4.79 Å². The second kappa shape index (κ2) is 8.90. The van der Waals surface area contributed by atoms with Gasteiger partial charge in [0.25, 0.3) is 0 Å². The van der Waals surface area contributed by atoms with Crippen LogP contribution in [0.3, 0.4) is 0 Å². The maximum atomic E-state index is 13.0. The average molecular weight is 433 g/mol. The average Bonchev–Trinajstić information content (AvgIpc) is 3.24. The van der Waals surface area contributed by atoms with E-state index in [0.717, 1.165) is 67.3 Å². The van der Waals surface area contributed by atoms with Gasteiger partial charge in [-0.3, -0.25) is 4.79 Å². The number of aromatic nitrogens is 3. The summed E-state index contributed by atoms with van der Waals surface area (Å²) in [6, 6.07) is 8.25. The Bertz CT molecular complexity index is 1110. The van der Waals surface area contributed by atoms with Crippen molar-refractivity contribution in [3.8, 4) is 0 Å². The molecule has 7 nitrogen and oxygen atoms in total. The van der Waals surface area contributed by atoms with Gasteiger partial charge in [0.05, 0.1) is 12.2 Å². The summed E-state index contributed by atoms with van der Waals surface area (Å²) >= 11 is 0. The Hall–Kier alpha value is -2.93. The third-order valence-corrected chi connectivity index (χ3v) is 6.94. The zero-order valence-electron chi connectivity index (χ0n) is 19.0. The number of aryl methyl sites for hydroxylation is 1. The van der Waals surface area contributed by atoms with Gasteiger partial charge < -0.3 is 20.1 Å². The van der Waals surface area contributed by atoms with Crippen LogP contribution < -0.4 is 5.32 Å². The lowest BCUT2D eigenvalue weighted by Crippen LogP contribution is -2.38. The lowest BCUT2D eigenvalue weighted by molar-refractivity contribution is -0.132. The number of amides is 1. The number of rotatable bonds is 5. The summed E-state index contributed by atoms with van der Waals surface area (Å²) in [5, 5.41) is 4.48. The maximum Gasteiger partial charge on any atom is 0.223 e. The van der Waals surface area contributed by atoms with Gasteiger partial charge >= 0.3 is 0 Å². The molecule has 2 aromatic heterocycles. The van der Waals surface area contributed by atoms with Crippen LogP contribution in [0.25, 0.3) is 10.9 Å². The number of likely N-dealkylation sites (tertiary alicyclic amines) is 1. The molecule has 0 bridgehead atoms. The number of carbonyl (C=O) groups excluding carboxylic acids is 1. The van der Waals surface area contributed by atoms with Crippen LogP contribution in [0.1, 0.15) is 47.8 Å². The number of benzene rings is 1. The number of likely N-dealkylation sites (N-methyl/N-ethyl adjacent to an activating group) is 1. The molecule has 1 saturated heterocycles. The third kappa shape index (κ3) is 4.09. The molecule has 2 aliphatic rings. The fourth-order valence-corrected chi connectivity index (χ4v) is 5.15. The number of hydrogen-bond acceptors (Lipinski definition) is 5. The first-order valence-corrected chi connectivity index (χ1v) is 11.7. The van der Waals surface area contributed by atoms with E-state index >= 15 is 0 Å². The molecule has 168 valence electrons. The summed E-state index contributed by atoms with van der Waals surface area (Å²) in [6.07, 6.45) is 6.41. The second-order valence-electron chi connectivity index (χ2n) is 9.13. The monoisotopic (exact) mass is 432 g/mol. The van der Waals surface area contributed by atoms with E-state index in [0.29, 0.717) is 18.9 Å². The predicted octanol–water partition coefficient (Wildman–Crippen LogP) is 3.33. The Balaban J connectivity index is 1.29. The van der Waals surface area contributed by atoms with Gasteiger partial charge in [-0.25, -0.2) is 9.97 Å². The fraction of sp³-hybridized carbons (Fsp3) is 0.480. The number of carbonyl (C=O) groups is 1. The lowest BCUT2D eigenvalue weighted by Gasteiger charge is -2.32. The number of nitrogens with zero attached hydrogens (tertiary/aromatic N) is 4. The van der Waals surface area contributed by atoms with Crippen molar-refractivity contribution in [1.82, 2.24) is 24.8 Å². The van der Waals surface area contributed by atoms with Crippen LogP contribution in [0.4, 0.5) is 5.82 Å². The van der Waals surface area contributed by atoms with Gasteiger partial charge in [-0.1, -0.05) is 18.2 Å². The fourth-order valence-electron chi connectivity index (χ4n) is 5.15. The molecule has 0 spiro atoms.